The van der Waals surface area contributed by atoms with Crippen LogP contribution in [0.5, 0.6) is 5.75 Å². The highest BCUT2D eigenvalue weighted by Gasteiger charge is 2.44. The molecule has 1 N–H and O–H groups in total. The molecule has 2 aromatic heterocycles. The van der Waals surface area contributed by atoms with Crippen LogP contribution in [-0.2, 0) is 11.8 Å². The lowest BCUT2D eigenvalue weighted by molar-refractivity contribution is -0.123. The van der Waals surface area contributed by atoms with Crippen LogP contribution in [0, 0.1) is 11.8 Å². The molecule has 2 fully saturated rings. The first-order chi connectivity index (χ1) is 14.1. The summed E-state index contributed by atoms with van der Waals surface area (Å²) in [4.78, 5) is 17.2. The van der Waals surface area contributed by atoms with Crippen molar-refractivity contribution < 1.29 is 9.53 Å². The molecule has 3 aromatic rings. The monoisotopic (exact) mass is 390 g/mol. The maximum atomic E-state index is 12.7. The summed E-state index contributed by atoms with van der Waals surface area (Å²) in [5.74, 6) is 1.94. The number of hydrogen-bond acceptors (Lipinski definition) is 4. The lowest BCUT2D eigenvalue weighted by atomic mass is 10.1. The molecule has 1 aromatic carbocycles. The third-order valence-electron chi connectivity index (χ3n) is 6.07. The van der Waals surface area contributed by atoms with Crippen LogP contribution >= 0.6 is 0 Å². The molecule has 0 bridgehead atoms. The van der Waals surface area contributed by atoms with Crippen LogP contribution in [0.4, 0.5) is 0 Å². The molecule has 5 rings (SSSR count). The van der Waals surface area contributed by atoms with Gasteiger partial charge in [-0.2, -0.15) is 5.10 Å². The second-order valence-corrected chi connectivity index (χ2v) is 8.44. The van der Waals surface area contributed by atoms with E-state index in [0.29, 0.717) is 0 Å². The van der Waals surface area contributed by atoms with E-state index in [-0.39, 0.29) is 23.8 Å². The van der Waals surface area contributed by atoms with Gasteiger partial charge in [0.1, 0.15) is 5.75 Å². The van der Waals surface area contributed by atoms with Crippen LogP contribution in [0.1, 0.15) is 49.4 Å². The minimum Gasteiger partial charge on any atom is -0.492 e. The van der Waals surface area contributed by atoms with Crippen molar-refractivity contribution in [2.75, 3.05) is 6.61 Å². The quantitative estimate of drug-likeness (QED) is 0.667. The van der Waals surface area contributed by atoms with Gasteiger partial charge in [0.15, 0.2) is 0 Å². The largest absolute Gasteiger partial charge is 0.492 e. The number of pyridine rings is 1. The Kier molecular flexibility index (Phi) is 4.49. The number of carbonyl (C=O) groups excluding carboxylic acids is 1. The number of amides is 1. The standard InChI is InChI=1S/C23H26N4O2/c1-14(21-8-7-18(12-24-21)29-13-15-3-4-15)26-23(28)20-10-19(20)16-5-6-17-11-25-27(2)22(17)9-16/h5-9,11-12,14-15,19-20H,3-4,10,13H2,1-2H3,(H,26,28)/t14-,19+,20-/m1/s1. The molecule has 0 saturated heterocycles. The fourth-order valence-corrected chi connectivity index (χ4v) is 3.87. The summed E-state index contributed by atoms with van der Waals surface area (Å²) in [6.45, 7) is 2.75. The summed E-state index contributed by atoms with van der Waals surface area (Å²) >= 11 is 0. The van der Waals surface area contributed by atoms with E-state index in [1.165, 1.54) is 18.4 Å². The predicted molar refractivity (Wildman–Crippen MR) is 111 cm³/mol. The van der Waals surface area contributed by atoms with Gasteiger partial charge in [-0.3, -0.25) is 14.5 Å². The van der Waals surface area contributed by atoms with Crippen LogP contribution in [0.15, 0.2) is 42.7 Å². The normalized spacial score (nSPS) is 21.7. The molecule has 2 saturated carbocycles. The molecule has 6 heteroatoms. The van der Waals surface area contributed by atoms with E-state index in [2.05, 4.69) is 33.6 Å². The molecule has 29 heavy (non-hydrogen) atoms. The van der Waals surface area contributed by atoms with Crippen LogP contribution < -0.4 is 10.1 Å². The average Bonchev–Trinajstić information content (AvgIpc) is 3.65. The van der Waals surface area contributed by atoms with Crippen LogP contribution in [0.3, 0.4) is 0 Å². The maximum Gasteiger partial charge on any atom is 0.224 e. The van der Waals surface area contributed by atoms with Crippen molar-refractivity contribution in [3.63, 3.8) is 0 Å². The molecule has 0 spiro atoms. The lowest BCUT2D eigenvalue weighted by Crippen LogP contribution is -2.28. The van der Waals surface area contributed by atoms with Crippen molar-refractivity contribution in [3.05, 3.63) is 54.0 Å². The van der Waals surface area contributed by atoms with Gasteiger partial charge in [0.05, 0.1) is 36.3 Å². The highest BCUT2D eigenvalue weighted by atomic mass is 16.5. The first-order valence-corrected chi connectivity index (χ1v) is 10.4. The van der Waals surface area contributed by atoms with Crippen molar-refractivity contribution >= 4 is 16.8 Å². The van der Waals surface area contributed by atoms with Crippen LogP contribution in [0.25, 0.3) is 10.9 Å². The number of nitrogens with zero attached hydrogens (tertiary/aromatic N) is 3. The molecular formula is C23H26N4O2. The zero-order chi connectivity index (χ0) is 20.0. The van der Waals surface area contributed by atoms with Crippen molar-refractivity contribution in [1.82, 2.24) is 20.1 Å². The Morgan fingerprint density at radius 2 is 2.14 bits per heavy atom. The molecule has 2 aliphatic rings. The fourth-order valence-electron chi connectivity index (χ4n) is 3.87. The van der Waals surface area contributed by atoms with Gasteiger partial charge in [0.2, 0.25) is 5.91 Å². The highest BCUT2D eigenvalue weighted by Crippen LogP contribution is 2.48. The Morgan fingerprint density at radius 1 is 1.28 bits per heavy atom. The molecule has 1 amide bonds. The molecular weight excluding hydrogens is 364 g/mol. The van der Waals surface area contributed by atoms with E-state index in [4.69, 9.17) is 4.74 Å². The molecule has 0 aliphatic heterocycles. The number of nitrogens with one attached hydrogen (secondary N) is 1. The topological polar surface area (TPSA) is 69.0 Å². The molecule has 0 unspecified atom stereocenters. The third-order valence-corrected chi connectivity index (χ3v) is 6.07. The highest BCUT2D eigenvalue weighted by molar-refractivity contribution is 5.84. The Bertz CT molecular complexity index is 1040. The zero-order valence-corrected chi connectivity index (χ0v) is 16.8. The van der Waals surface area contributed by atoms with Gasteiger partial charge in [-0.15, -0.1) is 0 Å². The van der Waals surface area contributed by atoms with Gasteiger partial charge in [-0.05, 0) is 61.8 Å². The molecule has 2 heterocycles. The number of hydrogen-bond donors (Lipinski definition) is 1. The number of fused-ring (bicyclic) bond motifs is 1. The summed E-state index contributed by atoms with van der Waals surface area (Å²) in [7, 11) is 1.94. The van der Waals surface area contributed by atoms with Gasteiger partial charge < -0.3 is 10.1 Å². The smallest absolute Gasteiger partial charge is 0.224 e. The van der Waals surface area contributed by atoms with Crippen LogP contribution in [-0.4, -0.2) is 27.3 Å². The summed E-state index contributed by atoms with van der Waals surface area (Å²) in [5, 5.41) is 8.54. The first-order valence-electron chi connectivity index (χ1n) is 10.4. The number of aromatic nitrogens is 3. The Balaban J connectivity index is 1.18. The number of benzene rings is 1. The Hall–Kier alpha value is -2.89. The summed E-state index contributed by atoms with van der Waals surface area (Å²) in [6.07, 6.45) is 7.05. The maximum absolute atomic E-state index is 12.7. The lowest BCUT2D eigenvalue weighted by Gasteiger charge is -2.14. The summed E-state index contributed by atoms with van der Waals surface area (Å²) in [6, 6.07) is 10.1. The predicted octanol–water partition coefficient (Wildman–Crippen LogP) is 3.74. The van der Waals surface area contributed by atoms with Gasteiger partial charge in [0, 0.05) is 18.4 Å². The van der Waals surface area contributed by atoms with E-state index >= 15 is 0 Å². The number of ether oxygens (including phenoxy) is 1. The number of aryl methyl sites for hydroxylation is 1. The van der Waals surface area contributed by atoms with Gasteiger partial charge >= 0.3 is 0 Å². The van der Waals surface area contributed by atoms with Crippen molar-refractivity contribution in [2.24, 2.45) is 18.9 Å². The molecule has 150 valence electrons. The minimum absolute atomic E-state index is 0.0317. The van der Waals surface area contributed by atoms with Crippen molar-refractivity contribution in [1.29, 1.82) is 0 Å². The Labute approximate surface area is 170 Å². The van der Waals surface area contributed by atoms with E-state index < -0.39 is 0 Å². The van der Waals surface area contributed by atoms with Gasteiger partial charge in [-0.25, -0.2) is 0 Å². The first kappa shape index (κ1) is 18.2. The molecule has 6 nitrogen and oxygen atoms in total. The zero-order valence-electron chi connectivity index (χ0n) is 16.8. The summed E-state index contributed by atoms with van der Waals surface area (Å²) in [5.41, 5.74) is 3.17. The SMILES string of the molecule is C[C@@H](NC(=O)[C@@H]1C[C@H]1c1ccc2cnn(C)c2c1)c1ccc(OCC2CC2)cn1. The second-order valence-electron chi connectivity index (χ2n) is 8.44. The molecule has 3 atom stereocenters. The Morgan fingerprint density at radius 3 is 2.90 bits per heavy atom. The fraction of sp³-hybridized carbons (Fsp3) is 0.435. The van der Waals surface area contributed by atoms with Gasteiger partial charge in [0.25, 0.3) is 0 Å². The second kappa shape index (κ2) is 7.17. The van der Waals surface area contributed by atoms with Crippen LogP contribution in [0.2, 0.25) is 0 Å². The number of rotatable bonds is 7. The summed E-state index contributed by atoms with van der Waals surface area (Å²) < 4.78 is 7.61. The van der Waals surface area contributed by atoms with Crippen molar-refractivity contribution in [2.45, 2.75) is 38.1 Å². The molecule has 0 radical (unpaired) electrons. The molecule has 2 aliphatic carbocycles. The van der Waals surface area contributed by atoms with E-state index in [1.807, 2.05) is 37.0 Å². The third kappa shape index (κ3) is 3.84. The number of carbonyl (C=O) groups is 1. The van der Waals surface area contributed by atoms with E-state index in [0.717, 1.165) is 41.3 Å². The van der Waals surface area contributed by atoms with E-state index in [1.54, 1.807) is 6.20 Å². The average molecular weight is 390 g/mol. The van der Waals surface area contributed by atoms with Gasteiger partial charge in [-0.1, -0.05) is 12.1 Å². The van der Waals surface area contributed by atoms with Crippen molar-refractivity contribution in [3.8, 4) is 5.75 Å². The van der Waals surface area contributed by atoms with E-state index in [9.17, 15) is 4.79 Å². The minimum atomic E-state index is -0.124.